The molecule has 1 aromatic carbocycles. The minimum Gasteiger partial charge on any atom is -0.455 e. The Balaban J connectivity index is 1.85. The van der Waals surface area contributed by atoms with Gasteiger partial charge < -0.3 is 10.1 Å². The van der Waals surface area contributed by atoms with Crippen LogP contribution in [-0.4, -0.2) is 25.6 Å². The van der Waals surface area contributed by atoms with E-state index in [2.05, 4.69) is 31.3 Å². The monoisotopic (exact) mass is 445 g/mol. The van der Waals surface area contributed by atoms with Gasteiger partial charge in [0.2, 0.25) is 5.91 Å². The highest BCUT2D eigenvalue weighted by Gasteiger charge is 2.20. The van der Waals surface area contributed by atoms with Crippen molar-refractivity contribution in [3.05, 3.63) is 69.2 Å². The molecule has 144 valence electrons. The number of benzene rings is 1. The summed E-state index contributed by atoms with van der Waals surface area (Å²) in [6.45, 7) is 3.51. The molecule has 0 radical (unpaired) electrons. The Morgan fingerprint density at radius 2 is 2.11 bits per heavy atom. The number of ether oxygens (including phenoxy) is 1. The Hall–Kier alpha value is -3.27. The van der Waals surface area contributed by atoms with E-state index in [1.807, 2.05) is 6.92 Å². The number of amides is 1. The second kappa shape index (κ2) is 8.17. The molecule has 28 heavy (non-hydrogen) atoms. The molecule has 2 aromatic heterocycles. The summed E-state index contributed by atoms with van der Waals surface area (Å²) in [6.07, 6.45) is 4.67. The normalized spacial score (nSPS) is 11.7. The molecule has 1 unspecified atom stereocenters. The number of nitro groups is 1. The van der Waals surface area contributed by atoms with E-state index in [0.29, 0.717) is 5.75 Å². The summed E-state index contributed by atoms with van der Waals surface area (Å²) in [5.41, 5.74) is 0.832. The number of non-ortho nitro benzene ring substituents is 1. The summed E-state index contributed by atoms with van der Waals surface area (Å²) in [7, 11) is 0. The predicted molar refractivity (Wildman–Crippen MR) is 105 cm³/mol. The zero-order chi connectivity index (χ0) is 20.3. The zero-order valence-electron chi connectivity index (χ0n) is 15.0. The molecule has 3 rings (SSSR count). The summed E-state index contributed by atoms with van der Waals surface area (Å²) < 4.78 is 7.96. The lowest BCUT2D eigenvalue weighted by Crippen LogP contribution is -2.25. The zero-order valence-corrected chi connectivity index (χ0v) is 16.6. The number of nitrogens with zero attached hydrogens (tertiary/aromatic N) is 4. The molecular weight excluding hydrogens is 430 g/mol. The van der Waals surface area contributed by atoms with Crippen LogP contribution in [0.3, 0.4) is 0 Å². The lowest BCUT2D eigenvalue weighted by Gasteiger charge is -2.15. The molecule has 0 saturated heterocycles. The van der Waals surface area contributed by atoms with Crippen LogP contribution in [0.25, 0.3) is 0 Å². The second-order valence-corrected chi connectivity index (χ2v) is 6.81. The highest BCUT2D eigenvalue weighted by Crippen LogP contribution is 2.30. The number of nitro benzene ring substituents is 1. The van der Waals surface area contributed by atoms with Crippen molar-refractivity contribution in [3.8, 4) is 11.5 Å². The molecule has 0 aliphatic carbocycles. The topological polar surface area (TPSA) is 112 Å². The van der Waals surface area contributed by atoms with Gasteiger partial charge in [0.15, 0.2) is 0 Å². The lowest BCUT2D eigenvalue weighted by molar-refractivity contribution is -0.384. The molecule has 1 amide bonds. The van der Waals surface area contributed by atoms with Crippen molar-refractivity contribution < 1.29 is 14.5 Å². The molecule has 10 heteroatoms. The van der Waals surface area contributed by atoms with Crippen molar-refractivity contribution in [2.75, 3.05) is 5.32 Å². The number of halogens is 1. The fourth-order valence-corrected chi connectivity index (χ4v) is 2.79. The third-order valence-electron chi connectivity index (χ3n) is 3.97. The Kier molecular flexibility index (Phi) is 5.69. The first-order valence-electron chi connectivity index (χ1n) is 8.23. The van der Waals surface area contributed by atoms with Crippen LogP contribution in [0.5, 0.6) is 11.5 Å². The first-order chi connectivity index (χ1) is 13.3. The molecule has 9 nitrogen and oxygen atoms in total. The highest BCUT2D eigenvalue weighted by atomic mass is 79.9. The summed E-state index contributed by atoms with van der Waals surface area (Å²) >= 11 is 3.36. The number of anilines is 1. The minimum atomic E-state index is -0.617. The van der Waals surface area contributed by atoms with Gasteiger partial charge in [0.25, 0.3) is 5.69 Å². The Bertz CT molecular complexity index is 1020. The average molecular weight is 446 g/mol. The van der Waals surface area contributed by atoms with E-state index in [1.165, 1.54) is 24.4 Å². The summed E-state index contributed by atoms with van der Waals surface area (Å²) in [5.74, 6) is 0.264. The third kappa shape index (κ3) is 4.34. The molecule has 0 aliphatic rings. The maximum Gasteiger partial charge on any atom is 0.275 e. The number of hydrogen-bond donors (Lipinski definition) is 1. The van der Waals surface area contributed by atoms with Crippen molar-refractivity contribution in [1.82, 2.24) is 14.8 Å². The fraction of sp³-hybridized carbons (Fsp3) is 0.167. The number of rotatable bonds is 6. The van der Waals surface area contributed by atoms with Gasteiger partial charge in [-0.3, -0.25) is 24.6 Å². The van der Waals surface area contributed by atoms with Crippen LogP contribution < -0.4 is 10.1 Å². The van der Waals surface area contributed by atoms with Gasteiger partial charge in [0.05, 0.1) is 39.2 Å². The van der Waals surface area contributed by atoms with Crippen LogP contribution in [-0.2, 0) is 4.79 Å². The van der Waals surface area contributed by atoms with Crippen LogP contribution in [0.15, 0.2) is 53.4 Å². The second-order valence-electron chi connectivity index (χ2n) is 5.95. The molecule has 0 saturated carbocycles. The molecule has 2 heterocycles. The van der Waals surface area contributed by atoms with Crippen LogP contribution in [0.1, 0.15) is 18.7 Å². The largest absolute Gasteiger partial charge is 0.455 e. The number of pyridine rings is 1. The Morgan fingerprint density at radius 3 is 2.71 bits per heavy atom. The van der Waals surface area contributed by atoms with Crippen molar-refractivity contribution in [2.24, 2.45) is 0 Å². The van der Waals surface area contributed by atoms with Crippen molar-refractivity contribution in [2.45, 2.75) is 19.9 Å². The first kappa shape index (κ1) is 19.5. The van der Waals surface area contributed by atoms with Gasteiger partial charge in [-0.1, -0.05) is 0 Å². The molecule has 1 N–H and O–H groups in total. The van der Waals surface area contributed by atoms with Crippen LogP contribution in [0.4, 0.5) is 11.4 Å². The van der Waals surface area contributed by atoms with Crippen molar-refractivity contribution in [3.63, 3.8) is 0 Å². The predicted octanol–water partition coefficient (Wildman–Crippen LogP) is 4.25. The van der Waals surface area contributed by atoms with Gasteiger partial charge in [0, 0.05) is 18.3 Å². The van der Waals surface area contributed by atoms with Gasteiger partial charge in [0.1, 0.15) is 17.5 Å². The molecule has 0 bridgehead atoms. The Morgan fingerprint density at radius 1 is 1.32 bits per heavy atom. The first-order valence-corrected chi connectivity index (χ1v) is 9.02. The lowest BCUT2D eigenvalue weighted by atomic mass is 10.2. The van der Waals surface area contributed by atoms with Gasteiger partial charge >= 0.3 is 0 Å². The maximum absolute atomic E-state index is 12.6. The Labute approximate surface area is 168 Å². The molecule has 0 aliphatic heterocycles. The van der Waals surface area contributed by atoms with Gasteiger partial charge in [-0.15, -0.1) is 0 Å². The quantitative estimate of drug-likeness (QED) is 0.448. The standard InChI is InChI=1S/C18H16BrN5O4/c1-11-17(19)10-21-23(11)12(2)18(25)22-13-6-14(24(26)27)8-16(7-13)28-15-4-3-5-20-9-15/h3-10,12H,1-2H3,(H,22,25). The fourth-order valence-electron chi connectivity index (χ4n) is 2.51. The smallest absolute Gasteiger partial charge is 0.275 e. The van der Waals surface area contributed by atoms with E-state index in [9.17, 15) is 14.9 Å². The van der Waals surface area contributed by atoms with E-state index in [4.69, 9.17) is 4.74 Å². The number of aromatic nitrogens is 3. The van der Waals surface area contributed by atoms with E-state index < -0.39 is 11.0 Å². The molecule has 3 aromatic rings. The highest BCUT2D eigenvalue weighted by molar-refractivity contribution is 9.10. The van der Waals surface area contributed by atoms with Gasteiger partial charge in [-0.05, 0) is 41.9 Å². The summed E-state index contributed by atoms with van der Waals surface area (Å²) in [5, 5.41) is 18.1. The number of nitrogens with one attached hydrogen (secondary N) is 1. The van der Waals surface area contributed by atoms with Crippen LogP contribution in [0, 0.1) is 17.0 Å². The number of hydrogen-bond acceptors (Lipinski definition) is 6. The molecular formula is C18H16BrN5O4. The molecule has 0 spiro atoms. The van der Waals surface area contributed by atoms with Crippen molar-refractivity contribution in [1.29, 1.82) is 0 Å². The van der Waals surface area contributed by atoms with Crippen LogP contribution in [0.2, 0.25) is 0 Å². The minimum absolute atomic E-state index is 0.206. The van der Waals surface area contributed by atoms with Gasteiger partial charge in [-0.25, -0.2) is 0 Å². The van der Waals surface area contributed by atoms with Crippen molar-refractivity contribution >= 4 is 33.2 Å². The summed E-state index contributed by atoms with van der Waals surface area (Å²) in [4.78, 5) is 27.3. The third-order valence-corrected chi connectivity index (χ3v) is 4.75. The van der Waals surface area contributed by atoms with Crippen LogP contribution >= 0.6 is 15.9 Å². The van der Waals surface area contributed by atoms with E-state index in [1.54, 1.807) is 36.1 Å². The number of carbonyl (C=O) groups excluding carboxylic acids is 1. The molecule has 1 atom stereocenters. The van der Waals surface area contributed by atoms with Gasteiger partial charge in [-0.2, -0.15) is 5.10 Å². The maximum atomic E-state index is 12.6. The average Bonchev–Trinajstić information content (AvgIpc) is 3.00. The molecule has 0 fully saturated rings. The van der Waals surface area contributed by atoms with E-state index in [0.717, 1.165) is 10.2 Å². The number of carbonyl (C=O) groups is 1. The van der Waals surface area contributed by atoms with E-state index in [-0.39, 0.29) is 23.0 Å². The SMILES string of the molecule is Cc1c(Br)cnn1C(C)C(=O)Nc1cc(Oc2cccnc2)cc([N+](=O)[O-])c1. The summed E-state index contributed by atoms with van der Waals surface area (Å²) in [6, 6.07) is 6.80. The van der Waals surface area contributed by atoms with E-state index >= 15 is 0 Å².